The molecule has 0 spiro atoms. The second kappa shape index (κ2) is 8.52. The number of benzene rings is 1. The number of phenolic OH excluding ortho intramolecular Hbond substituents is 1. The summed E-state index contributed by atoms with van der Waals surface area (Å²) in [4.78, 5) is 32.2. The Kier molecular flexibility index (Phi) is 6.07. The van der Waals surface area contributed by atoms with Gasteiger partial charge in [0.15, 0.2) is 22.7 Å². The Morgan fingerprint density at radius 2 is 1.97 bits per heavy atom. The van der Waals surface area contributed by atoms with Crippen molar-refractivity contribution < 1.29 is 14.6 Å². The van der Waals surface area contributed by atoms with Crippen LogP contribution in [0, 0.1) is 5.92 Å². The summed E-state index contributed by atoms with van der Waals surface area (Å²) in [5, 5.41) is 9.92. The molecule has 2 aromatic heterocycles. The van der Waals surface area contributed by atoms with Crippen molar-refractivity contribution in [3.63, 3.8) is 0 Å². The summed E-state index contributed by atoms with van der Waals surface area (Å²) in [6, 6.07) is 4.87. The van der Waals surface area contributed by atoms with E-state index in [1.54, 1.807) is 23.8 Å². The van der Waals surface area contributed by atoms with Gasteiger partial charge in [-0.1, -0.05) is 13.8 Å². The Labute approximate surface area is 167 Å². The summed E-state index contributed by atoms with van der Waals surface area (Å²) in [5.74, 6) is 1.01. The first kappa shape index (κ1) is 20.7. The van der Waals surface area contributed by atoms with Crippen molar-refractivity contribution in [3.8, 4) is 22.9 Å². The Morgan fingerprint density at radius 3 is 2.62 bits per heavy atom. The number of phenols is 1. The number of aromatic nitrogens is 4. The molecule has 0 bridgehead atoms. The Morgan fingerprint density at radius 1 is 1.21 bits per heavy atom. The minimum absolute atomic E-state index is 0.00728. The number of ether oxygens (including phenoxy) is 2. The quantitative estimate of drug-likeness (QED) is 0.557. The van der Waals surface area contributed by atoms with Gasteiger partial charge in [0, 0.05) is 32.4 Å². The fourth-order valence-electron chi connectivity index (χ4n) is 3.33. The molecule has 1 aromatic carbocycles. The number of aromatic amines is 1. The summed E-state index contributed by atoms with van der Waals surface area (Å²) >= 11 is 0. The Bertz CT molecular complexity index is 1130. The molecule has 3 aromatic rings. The molecular weight excluding hydrogens is 376 g/mol. The van der Waals surface area contributed by atoms with E-state index >= 15 is 0 Å². The number of nitrogens with zero attached hydrogens (tertiary/aromatic N) is 3. The molecule has 156 valence electrons. The average molecular weight is 402 g/mol. The summed E-state index contributed by atoms with van der Waals surface area (Å²) in [7, 11) is 3.08. The van der Waals surface area contributed by atoms with Gasteiger partial charge in [0.25, 0.3) is 5.56 Å². The SMILES string of the molecule is COCCCn1c(-c2ccc(O)c(OC)c2)nc2c1c(=O)[nH]c(=O)n2CC(C)C. The number of hydrogen-bond donors (Lipinski definition) is 2. The van der Waals surface area contributed by atoms with Crippen molar-refractivity contribution in [1.29, 1.82) is 0 Å². The first-order chi connectivity index (χ1) is 13.9. The van der Waals surface area contributed by atoms with Gasteiger partial charge in [-0.2, -0.15) is 0 Å². The van der Waals surface area contributed by atoms with Crippen LogP contribution in [0.1, 0.15) is 20.3 Å². The number of aromatic hydroxyl groups is 1. The number of hydrogen-bond acceptors (Lipinski definition) is 6. The highest BCUT2D eigenvalue weighted by Crippen LogP contribution is 2.32. The van der Waals surface area contributed by atoms with Crippen LogP contribution in [-0.4, -0.2) is 45.0 Å². The number of aryl methyl sites for hydroxylation is 1. The van der Waals surface area contributed by atoms with Crippen molar-refractivity contribution in [2.45, 2.75) is 33.4 Å². The van der Waals surface area contributed by atoms with Crippen LogP contribution >= 0.6 is 0 Å². The van der Waals surface area contributed by atoms with E-state index in [1.165, 1.54) is 17.7 Å². The molecule has 0 amide bonds. The van der Waals surface area contributed by atoms with E-state index in [9.17, 15) is 14.7 Å². The monoisotopic (exact) mass is 402 g/mol. The van der Waals surface area contributed by atoms with Gasteiger partial charge in [-0.25, -0.2) is 9.78 Å². The van der Waals surface area contributed by atoms with Gasteiger partial charge in [0.05, 0.1) is 7.11 Å². The third kappa shape index (κ3) is 4.04. The standard InChI is InChI=1S/C20H26N4O5/c1-12(2)11-24-18-16(19(26)22-20(24)27)23(8-5-9-28-3)17(21-18)13-6-7-14(25)15(10-13)29-4/h6-7,10,12,25H,5,8-9,11H2,1-4H3,(H,22,26,27). The summed E-state index contributed by atoms with van der Waals surface area (Å²) in [6.45, 7) is 5.41. The zero-order chi connectivity index (χ0) is 21.1. The molecule has 0 aliphatic carbocycles. The number of nitrogens with one attached hydrogen (secondary N) is 1. The topological polar surface area (TPSA) is 111 Å². The second-order valence-electron chi connectivity index (χ2n) is 7.26. The van der Waals surface area contributed by atoms with Crippen LogP contribution in [0.15, 0.2) is 27.8 Å². The van der Waals surface area contributed by atoms with Crippen molar-refractivity contribution in [3.05, 3.63) is 39.0 Å². The van der Waals surface area contributed by atoms with E-state index in [2.05, 4.69) is 9.97 Å². The number of fused-ring (bicyclic) bond motifs is 1. The Hall–Kier alpha value is -3.07. The molecule has 0 saturated carbocycles. The maximum atomic E-state index is 12.7. The zero-order valence-electron chi connectivity index (χ0n) is 17.1. The van der Waals surface area contributed by atoms with Gasteiger partial charge < -0.3 is 19.1 Å². The lowest BCUT2D eigenvalue weighted by molar-refractivity contribution is 0.191. The highest BCUT2D eigenvalue weighted by Gasteiger charge is 2.20. The minimum atomic E-state index is -0.480. The van der Waals surface area contributed by atoms with Gasteiger partial charge in [0.1, 0.15) is 5.82 Å². The minimum Gasteiger partial charge on any atom is -0.504 e. The van der Waals surface area contributed by atoms with Crippen LogP contribution in [-0.2, 0) is 17.8 Å². The molecular formula is C20H26N4O5. The largest absolute Gasteiger partial charge is 0.504 e. The fraction of sp³-hybridized carbons (Fsp3) is 0.450. The molecule has 0 atom stereocenters. The average Bonchev–Trinajstić information content (AvgIpc) is 3.05. The molecule has 3 rings (SSSR count). The number of methoxy groups -OCH3 is 2. The highest BCUT2D eigenvalue weighted by atomic mass is 16.5. The molecule has 0 aliphatic heterocycles. The van der Waals surface area contributed by atoms with E-state index in [0.717, 1.165) is 0 Å². The molecule has 0 fully saturated rings. The fourth-order valence-corrected chi connectivity index (χ4v) is 3.33. The predicted octanol–water partition coefficient (Wildman–Crippen LogP) is 1.96. The maximum Gasteiger partial charge on any atom is 0.330 e. The summed E-state index contributed by atoms with van der Waals surface area (Å²) in [6.07, 6.45) is 0.660. The van der Waals surface area contributed by atoms with Crippen LogP contribution in [0.4, 0.5) is 0 Å². The summed E-state index contributed by atoms with van der Waals surface area (Å²) in [5.41, 5.74) is 0.381. The predicted molar refractivity (Wildman–Crippen MR) is 110 cm³/mol. The first-order valence-corrected chi connectivity index (χ1v) is 9.47. The van der Waals surface area contributed by atoms with Crippen molar-refractivity contribution >= 4 is 11.2 Å². The molecule has 2 heterocycles. The highest BCUT2D eigenvalue weighted by molar-refractivity contribution is 5.77. The molecule has 0 radical (unpaired) electrons. The van der Waals surface area contributed by atoms with E-state index < -0.39 is 11.2 Å². The number of rotatable bonds is 8. The third-order valence-electron chi connectivity index (χ3n) is 4.60. The first-order valence-electron chi connectivity index (χ1n) is 9.47. The lowest BCUT2D eigenvalue weighted by Crippen LogP contribution is -2.32. The zero-order valence-corrected chi connectivity index (χ0v) is 17.1. The molecule has 0 saturated heterocycles. The summed E-state index contributed by atoms with van der Waals surface area (Å²) < 4.78 is 13.6. The van der Waals surface area contributed by atoms with Gasteiger partial charge in [-0.15, -0.1) is 0 Å². The molecule has 0 aliphatic rings. The molecule has 9 nitrogen and oxygen atoms in total. The van der Waals surface area contributed by atoms with Crippen LogP contribution in [0.25, 0.3) is 22.6 Å². The molecule has 9 heteroatoms. The number of H-pyrrole nitrogens is 1. The normalized spacial score (nSPS) is 11.5. The molecule has 29 heavy (non-hydrogen) atoms. The van der Waals surface area contributed by atoms with Crippen molar-refractivity contribution in [1.82, 2.24) is 19.1 Å². The Balaban J connectivity index is 2.30. The van der Waals surface area contributed by atoms with Crippen LogP contribution in [0.5, 0.6) is 11.5 Å². The maximum absolute atomic E-state index is 12.7. The lowest BCUT2D eigenvalue weighted by atomic mass is 10.2. The van der Waals surface area contributed by atoms with Crippen LogP contribution in [0.3, 0.4) is 0 Å². The van der Waals surface area contributed by atoms with E-state index in [0.29, 0.717) is 54.4 Å². The number of imidazole rings is 1. The second-order valence-corrected chi connectivity index (χ2v) is 7.26. The van der Waals surface area contributed by atoms with E-state index in [1.807, 2.05) is 13.8 Å². The molecule has 2 N–H and O–H groups in total. The van der Waals surface area contributed by atoms with E-state index in [4.69, 9.17) is 9.47 Å². The smallest absolute Gasteiger partial charge is 0.330 e. The van der Waals surface area contributed by atoms with Gasteiger partial charge >= 0.3 is 5.69 Å². The van der Waals surface area contributed by atoms with Crippen LogP contribution in [0.2, 0.25) is 0 Å². The van der Waals surface area contributed by atoms with Crippen molar-refractivity contribution in [2.24, 2.45) is 5.92 Å². The third-order valence-corrected chi connectivity index (χ3v) is 4.60. The lowest BCUT2D eigenvalue weighted by Gasteiger charge is -2.11. The van der Waals surface area contributed by atoms with Gasteiger partial charge in [0.2, 0.25) is 0 Å². The van der Waals surface area contributed by atoms with Gasteiger partial charge in [-0.3, -0.25) is 14.3 Å². The molecule has 0 unspecified atom stereocenters. The van der Waals surface area contributed by atoms with Gasteiger partial charge in [-0.05, 0) is 30.5 Å². The van der Waals surface area contributed by atoms with E-state index in [-0.39, 0.29) is 11.7 Å². The van der Waals surface area contributed by atoms with Crippen LogP contribution < -0.4 is 16.0 Å². The van der Waals surface area contributed by atoms with Crippen molar-refractivity contribution in [2.75, 3.05) is 20.8 Å².